The number of pyridine rings is 1. The lowest BCUT2D eigenvalue weighted by atomic mass is 10.1. The number of aromatic amines is 1. The van der Waals surface area contributed by atoms with E-state index in [0.29, 0.717) is 12.2 Å². The number of nitrogens with zero attached hydrogens (tertiary/aromatic N) is 3. The standard InChI is InChI=1S/C19H22N4O2S/c1-11-9-20-16(13(3)18(11)25-5)10-23(4)19(24)15-8-14(21-22-15)17-7-6-12(2)26-17/h6-9H,10H2,1-5H3,(H,21,22). The highest BCUT2D eigenvalue weighted by atomic mass is 32.1. The lowest BCUT2D eigenvalue weighted by Gasteiger charge is -2.18. The topological polar surface area (TPSA) is 71.1 Å². The van der Waals surface area contributed by atoms with Crippen LogP contribution in [0.15, 0.2) is 24.4 Å². The minimum atomic E-state index is -0.151. The van der Waals surface area contributed by atoms with Crippen LogP contribution in [-0.4, -0.2) is 40.1 Å². The highest BCUT2D eigenvalue weighted by Crippen LogP contribution is 2.27. The van der Waals surface area contributed by atoms with Gasteiger partial charge in [0.25, 0.3) is 5.91 Å². The summed E-state index contributed by atoms with van der Waals surface area (Å²) in [6.07, 6.45) is 1.77. The van der Waals surface area contributed by atoms with E-state index in [1.54, 1.807) is 42.7 Å². The minimum Gasteiger partial charge on any atom is -0.496 e. The molecule has 1 amide bonds. The molecule has 0 aliphatic rings. The monoisotopic (exact) mass is 370 g/mol. The van der Waals surface area contributed by atoms with Gasteiger partial charge in [-0.25, -0.2) is 0 Å². The minimum absolute atomic E-state index is 0.151. The number of carbonyl (C=O) groups excluding carboxylic acids is 1. The van der Waals surface area contributed by atoms with Gasteiger partial charge in [0.15, 0.2) is 5.69 Å². The molecule has 0 aliphatic carbocycles. The Kier molecular flexibility index (Phi) is 5.08. The predicted molar refractivity (Wildman–Crippen MR) is 103 cm³/mol. The molecule has 26 heavy (non-hydrogen) atoms. The molecule has 0 saturated heterocycles. The van der Waals surface area contributed by atoms with Crippen molar-refractivity contribution in [3.8, 4) is 16.3 Å². The summed E-state index contributed by atoms with van der Waals surface area (Å²) in [5, 5.41) is 7.13. The van der Waals surface area contributed by atoms with Gasteiger partial charge in [0.05, 0.1) is 29.9 Å². The van der Waals surface area contributed by atoms with Crippen molar-refractivity contribution < 1.29 is 9.53 Å². The average Bonchev–Trinajstić information content (AvgIpc) is 3.26. The van der Waals surface area contributed by atoms with Crippen molar-refractivity contribution in [1.82, 2.24) is 20.1 Å². The predicted octanol–water partition coefficient (Wildman–Crippen LogP) is 3.74. The molecule has 3 rings (SSSR count). The summed E-state index contributed by atoms with van der Waals surface area (Å²) in [7, 11) is 3.39. The van der Waals surface area contributed by atoms with Crippen LogP contribution in [0.5, 0.6) is 5.75 Å². The van der Waals surface area contributed by atoms with Crippen molar-refractivity contribution in [1.29, 1.82) is 0 Å². The Morgan fingerprint density at radius 3 is 2.73 bits per heavy atom. The molecule has 0 bridgehead atoms. The van der Waals surface area contributed by atoms with Crippen molar-refractivity contribution in [2.75, 3.05) is 14.2 Å². The Morgan fingerprint density at radius 1 is 1.31 bits per heavy atom. The third-order valence-electron chi connectivity index (χ3n) is 4.29. The molecule has 0 spiro atoms. The van der Waals surface area contributed by atoms with E-state index in [1.807, 2.05) is 26.0 Å². The lowest BCUT2D eigenvalue weighted by Crippen LogP contribution is -2.27. The van der Waals surface area contributed by atoms with Crippen LogP contribution in [0.25, 0.3) is 10.6 Å². The summed E-state index contributed by atoms with van der Waals surface area (Å²) >= 11 is 1.66. The third-order valence-corrected chi connectivity index (χ3v) is 5.32. The molecule has 0 aliphatic heterocycles. The van der Waals surface area contributed by atoms with Crippen molar-refractivity contribution in [3.05, 3.63) is 51.8 Å². The molecule has 1 N–H and O–H groups in total. The zero-order valence-corrected chi connectivity index (χ0v) is 16.4. The molecule has 0 radical (unpaired) electrons. The Hall–Kier alpha value is -2.67. The van der Waals surface area contributed by atoms with Crippen LogP contribution in [0.1, 0.15) is 32.2 Å². The summed E-state index contributed by atoms with van der Waals surface area (Å²) in [5.41, 5.74) is 3.99. The molecule has 0 fully saturated rings. The number of ether oxygens (including phenoxy) is 1. The van der Waals surface area contributed by atoms with Crippen LogP contribution >= 0.6 is 11.3 Å². The van der Waals surface area contributed by atoms with Crippen LogP contribution in [0.2, 0.25) is 0 Å². The molecule has 0 atom stereocenters. The van der Waals surface area contributed by atoms with E-state index in [9.17, 15) is 4.79 Å². The molecule has 3 aromatic rings. The second-order valence-corrected chi connectivity index (χ2v) is 7.57. The van der Waals surface area contributed by atoms with Gasteiger partial charge < -0.3 is 9.64 Å². The van der Waals surface area contributed by atoms with Crippen LogP contribution < -0.4 is 4.74 Å². The van der Waals surface area contributed by atoms with Gasteiger partial charge >= 0.3 is 0 Å². The number of hydrogen-bond acceptors (Lipinski definition) is 5. The molecule has 136 valence electrons. The first-order valence-electron chi connectivity index (χ1n) is 8.27. The lowest BCUT2D eigenvalue weighted by molar-refractivity contribution is 0.0777. The van der Waals surface area contributed by atoms with Crippen molar-refractivity contribution >= 4 is 17.2 Å². The number of amides is 1. The van der Waals surface area contributed by atoms with Crippen LogP contribution in [-0.2, 0) is 6.54 Å². The van der Waals surface area contributed by atoms with Crippen molar-refractivity contribution in [2.45, 2.75) is 27.3 Å². The van der Waals surface area contributed by atoms with E-state index in [1.165, 1.54) is 4.88 Å². The largest absolute Gasteiger partial charge is 0.496 e. The molecule has 0 saturated carbocycles. The van der Waals surface area contributed by atoms with Gasteiger partial charge in [0, 0.05) is 29.2 Å². The number of H-pyrrole nitrogens is 1. The molecule has 3 heterocycles. The number of hydrogen-bond donors (Lipinski definition) is 1. The van der Waals surface area contributed by atoms with Gasteiger partial charge in [-0.15, -0.1) is 11.3 Å². The number of aromatic nitrogens is 3. The fraction of sp³-hybridized carbons (Fsp3) is 0.316. The fourth-order valence-corrected chi connectivity index (χ4v) is 3.69. The van der Waals surface area contributed by atoms with E-state index in [4.69, 9.17) is 4.74 Å². The molecule has 7 heteroatoms. The summed E-state index contributed by atoms with van der Waals surface area (Å²) < 4.78 is 5.44. The van der Waals surface area contributed by atoms with Gasteiger partial charge in [-0.1, -0.05) is 0 Å². The molecule has 0 unspecified atom stereocenters. The quantitative estimate of drug-likeness (QED) is 0.743. The molecule has 0 aromatic carbocycles. The Labute approximate surface area is 156 Å². The van der Waals surface area contributed by atoms with Crippen molar-refractivity contribution in [3.63, 3.8) is 0 Å². The Bertz CT molecular complexity index is 945. The van der Waals surface area contributed by atoms with Gasteiger partial charge in [-0.05, 0) is 39.0 Å². The SMILES string of the molecule is COc1c(C)cnc(CN(C)C(=O)c2cc(-c3ccc(C)s3)[nH]n2)c1C. The maximum Gasteiger partial charge on any atom is 0.274 e. The van der Waals surface area contributed by atoms with Gasteiger partial charge in [-0.3, -0.25) is 14.9 Å². The zero-order valence-electron chi connectivity index (χ0n) is 15.6. The first-order valence-corrected chi connectivity index (χ1v) is 9.09. The van der Waals surface area contributed by atoms with Crippen molar-refractivity contribution in [2.24, 2.45) is 0 Å². The molecular formula is C19H22N4O2S. The molecule has 3 aromatic heterocycles. The Balaban J connectivity index is 1.78. The van der Waals surface area contributed by atoms with Gasteiger partial charge in [0.2, 0.25) is 0 Å². The van der Waals surface area contributed by atoms with E-state index in [-0.39, 0.29) is 5.91 Å². The molecule has 6 nitrogen and oxygen atoms in total. The van der Waals surface area contributed by atoms with Crippen LogP contribution in [0.4, 0.5) is 0 Å². The number of nitrogens with one attached hydrogen (secondary N) is 1. The van der Waals surface area contributed by atoms with E-state index in [0.717, 1.165) is 33.1 Å². The normalized spacial score (nSPS) is 10.8. The summed E-state index contributed by atoms with van der Waals surface area (Å²) in [4.78, 5) is 21.1. The first-order chi connectivity index (χ1) is 12.4. The highest BCUT2D eigenvalue weighted by Gasteiger charge is 2.19. The maximum atomic E-state index is 12.7. The summed E-state index contributed by atoms with van der Waals surface area (Å²) in [5.74, 6) is 0.660. The van der Waals surface area contributed by atoms with E-state index < -0.39 is 0 Å². The molecular weight excluding hydrogens is 348 g/mol. The number of thiophene rings is 1. The van der Waals surface area contributed by atoms with Gasteiger partial charge in [0.1, 0.15) is 5.75 Å². The fourth-order valence-electron chi connectivity index (χ4n) is 2.86. The Morgan fingerprint density at radius 2 is 2.08 bits per heavy atom. The summed E-state index contributed by atoms with van der Waals surface area (Å²) in [6, 6.07) is 5.87. The highest BCUT2D eigenvalue weighted by molar-refractivity contribution is 7.15. The van der Waals surface area contributed by atoms with Gasteiger partial charge in [-0.2, -0.15) is 5.10 Å². The first kappa shape index (κ1) is 18.1. The smallest absolute Gasteiger partial charge is 0.274 e. The maximum absolute atomic E-state index is 12.7. The number of methoxy groups -OCH3 is 1. The number of rotatable bonds is 5. The third kappa shape index (κ3) is 3.48. The van der Waals surface area contributed by atoms with E-state index in [2.05, 4.69) is 22.1 Å². The zero-order chi connectivity index (χ0) is 18.8. The van der Waals surface area contributed by atoms with E-state index >= 15 is 0 Å². The number of carbonyl (C=O) groups is 1. The number of aryl methyl sites for hydroxylation is 2. The summed E-state index contributed by atoms with van der Waals surface area (Å²) in [6.45, 7) is 6.35. The average molecular weight is 370 g/mol. The second kappa shape index (κ2) is 7.29. The second-order valence-electron chi connectivity index (χ2n) is 6.28. The van der Waals surface area contributed by atoms with Crippen LogP contribution in [0, 0.1) is 20.8 Å². The van der Waals surface area contributed by atoms with Crippen LogP contribution in [0.3, 0.4) is 0 Å².